The second kappa shape index (κ2) is 4.21. The summed E-state index contributed by atoms with van der Waals surface area (Å²) < 4.78 is 0. The lowest BCUT2D eigenvalue weighted by Crippen LogP contribution is -2.21. The van der Waals surface area contributed by atoms with Crippen LogP contribution in [0.5, 0.6) is 0 Å². The number of H-pyrrole nitrogens is 1. The van der Waals surface area contributed by atoms with Crippen molar-refractivity contribution >= 4 is 23.6 Å². The van der Waals surface area contributed by atoms with Gasteiger partial charge in [-0.15, -0.1) is 11.8 Å². The molecule has 1 aromatic heterocycles. The molecule has 5 nitrogen and oxygen atoms in total. The Balaban J connectivity index is 1.80. The zero-order chi connectivity index (χ0) is 11.7. The number of anilines is 1. The van der Waals surface area contributed by atoms with Gasteiger partial charge in [0.15, 0.2) is 0 Å². The van der Waals surface area contributed by atoms with Gasteiger partial charge in [0.05, 0.1) is 5.92 Å². The van der Waals surface area contributed by atoms with Crippen LogP contribution < -0.4 is 5.32 Å². The summed E-state index contributed by atoms with van der Waals surface area (Å²) in [5.74, 6) is 1.02. The Morgan fingerprint density at radius 1 is 1.47 bits per heavy atom. The Morgan fingerprint density at radius 2 is 2.35 bits per heavy atom. The first-order valence-electron chi connectivity index (χ1n) is 5.22. The molecule has 2 N–H and O–H groups in total. The fraction of sp³-hybridized carbons (Fsp3) is 0.182. The van der Waals surface area contributed by atoms with Crippen LogP contribution in [0.15, 0.2) is 35.5 Å². The van der Waals surface area contributed by atoms with E-state index in [2.05, 4.69) is 20.5 Å². The molecule has 0 aliphatic carbocycles. The normalized spacial score (nSPS) is 17.8. The minimum absolute atomic E-state index is 0.0424. The summed E-state index contributed by atoms with van der Waals surface area (Å²) in [6.07, 6.45) is 1.37. The lowest BCUT2D eigenvalue weighted by atomic mass is 10.0. The highest BCUT2D eigenvalue weighted by Crippen LogP contribution is 2.39. The van der Waals surface area contributed by atoms with Gasteiger partial charge in [-0.2, -0.15) is 10.1 Å². The van der Waals surface area contributed by atoms with Crippen LogP contribution in [0.2, 0.25) is 0 Å². The van der Waals surface area contributed by atoms with Crippen LogP contribution in [0.1, 0.15) is 11.5 Å². The van der Waals surface area contributed by atoms with Crippen LogP contribution in [0.3, 0.4) is 0 Å². The molecule has 17 heavy (non-hydrogen) atoms. The molecule has 1 amide bonds. The minimum Gasteiger partial charge on any atom is -0.294 e. The summed E-state index contributed by atoms with van der Waals surface area (Å²) in [5, 5.41) is 9.03. The second-order valence-corrected chi connectivity index (χ2v) is 4.79. The number of aromatic nitrogens is 3. The average Bonchev–Trinajstić information content (AvgIpc) is 2.96. The van der Waals surface area contributed by atoms with E-state index in [1.807, 2.05) is 24.3 Å². The molecule has 2 heterocycles. The highest BCUT2D eigenvalue weighted by molar-refractivity contribution is 7.99. The van der Waals surface area contributed by atoms with E-state index >= 15 is 0 Å². The predicted molar refractivity (Wildman–Crippen MR) is 64.9 cm³/mol. The number of rotatable bonds is 2. The molecule has 1 aliphatic heterocycles. The Bertz CT molecular complexity index is 540. The van der Waals surface area contributed by atoms with Crippen molar-refractivity contribution < 1.29 is 4.79 Å². The number of hydrogen-bond acceptors (Lipinski definition) is 4. The first-order valence-corrected chi connectivity index (χ1v) is 6.21. The van der Waals surface area contributed by atoms with Crippen LogP contribution in [0, 0.1) is 0 Å². The molecule has 2 aromatic rings. The number of thioether (sulfide) groups is 1. The van der Waals surface area contributed by atoms with E-state index in [0.29, 0.717) is 5.95 Å². The van der Waals surface area contributed by atoms with E-state index in [0.717, 1.165) is 11.3 Å². The molecular formula is C11H10N4OS. The predicted octanol–water partition coefficient (Wildman–Crippen LogP) is 1.63. The van der Waals surface area contributed by atoms with Crippen molar-refractivity contribution in [3.05, 3.63) is 36.2 Å². The number of carbonyl (C=O) groups is 1. The number of benzene rings is 1. The smallest absolute Gasteiger partial charge is 0.235 e. The maximum absolute atomic E-state index is 12.1. The fourth-order valence-electron chi connectivity index (χ4n) is 1.85. The molecule has 6 heteroatoms. The van der Waals surface area contributed by atoms with Gasteiger partial charge in [-0.3, -0.25) is 10.1 Å². The van der Waals surface area contributed by atoms with Crippen molar-refractivity contribution in [2.24, 2.45) is 0 Å². The Hall–Kier alpha value is -1.82. The Labute approximate surface area is 102 Å². The van der Waals surface area contributed by atoms with Gasteiger partial charge < -0.3 is 0 Å². The number of aromatic amines is 1. The van der Waals surface area contributed by atoms with Crippen molar-refractivity contribution in [3.63, 3.8) is 0 Å². The molecule has 3 rings (SSSR count). The number of nitrogens with one attached hydrogen (secondary N) is 2. The van der Waals surface area contributed by atoms with E-state index in [4.69, 9.17) is 0 Å². The van der Waals surface area contributed by atoms with Crippen molar-refractivity contribution in [2.75, 3.05) is 11.1 Å². The Kier molecular flexibility index (Phi) is 2.56. The summed E-state index contributed by atoms with van der Waals surface area (Å²) >= 11 is 1.71. The minimum atomic E-state index is -0.110. The van der Waals surface area contributed by atoms with Crippen LogP contribution >= 0.6 is 11.8 Å². The highest BCUT2D eigenvalue weighted by atomic mass is 32.2. The molecule has 0 saturated heterocycles. The Morgan fingerprint density at radius 3 is 3.18 bits per heavy atom. The number of hydrogen-bond donors (Lipinski definition) is 2. The number of amides is 1. The first kappa shape index (κ1) is 10.3. The van der Waals surface area contributed by atoms with Crippen LogP contribution in [-0.4, -0.2) is 26.8 Å². The van der Waals surface area contributed by atoms with Crippen molar-refractivity contribution in [1.82, 2.24) is 15.2 Å². The molecule has 0 radical (unpaired) electrons. The maximum atomic E-state index is 12.1. The van der Waals surface area contributed by atoms with E-state index in [1.165, 1.54) is 11.2 Å². The highest BCUT2D eigenvalue weighted by Gasteiger charge is 2.29. The van der Waals surface area contributed by atoms with Crippen LogP contribution in [-0.2, 0) is 4.79 Å². The molecule has 1 atom stereocenters. The average molecular weight is 246 g/mol. The van der Waals surface area contributed by atoms with Crippen molar-refractivity contribution in [3.8, 4) is 0 Å². The lowest BCUT2D eigenvalue weighted by molar-refractivity contribution is -0.117. The largest absolute Gasteiger partial charge is 0.294 e. The SMILES string of the molecule is O=C(Nc1ncn[nH]1)C1CSc2ccccc21. The molecule has 0 spiro atoms. The van der Waals surface area contributed by atoms with E-state index in [1.54, 1.807) is 11.8 Å². The van der Waals surface area contributed by atoms with Crippen LogP contribution in [0.4, 0.5) is 5.95 Å². The number of carbonyl (C=O) groups excluding carboxylic acids is 1. The van der Waals surface area contributed by atoms with Gasteiger partial charge in [-0.25, -0.2) is 5.10 Å². The molecule has 0 saturated carbocycles. The van der Waals surface area contributed by atoms with Gasteiger partial charge in [-0.1, -0.05) is 18.2 Å². The van der Waals surface area contributed by atoms with E-state index in [-0.39, 0.29) is 11.8 Å². The summed E-state index contributed by atoms with van der Waals surface area (Å²) in [6, 6.07) is 7.99. The van der Waals surface area contributed by atoms with Crippen LogP contribution in [0.25, 0.3) is 0 Å². The lowest BCUT2D eigenvalue weighted by Gasteiger charge is -2.09. The zero-order valence-electron chi connectivity index (χ0n) is 8.88. The van der Waals surface area contributed by atoms with Gasteiger partial charge in [0.25, 0.3) is 0 Å². The number of fused-ring (bicyclic) bond motifs is 1. The molecule has 1 unspecified atom stereocenters. The maximum Gasteiger partial charge on any atom is 0.235 e. The third kappa shape index (κ3) is 1.91. The number of nitrogens with zero attached hydrogens (tertiary/aromatic N) is 2. The van der Waals surface area contributed by atoms with E-state index < -0.39 is 0 Å². The fourth-order valence-corrected chi connectivity index (χ4v) is 3.08. The second-order valence-electron chi connectivity index (χ2n) is 3.72. The van der Waals surface area contributed by atoms with Crippen molar-refractivity contribution in [1.29, 1.82) is 0 Å². The standard InChI is InChI=1S/C11H10N4OS/c16-10(14-11-12-6-13-15-11)8-5-17-9-4-2-1-3-7(8)9/h1-4,6,8H,5H2,(H2,12,13,14,15,16). The molecular weight excluding hydrogens is 236 g/mol. The molecule has 1 aliphatic rings. The van der Waals surface area contributed by atoms with Gasteiger partial charge in [0.2, 0.25) is 11.9 Å². The summed E-state index contributed by atoms with van der Waals surface area (Å²) in [6.45, 7) is 0. The molecule has 1 aromatic carbocycles. The summed E-state index contributed by atoms with van der Waals surface area (Å²) in [5.41, 5.74) is 1.09. The van der Waals surface area contributed by atoms with Gasteiger partial charge in [-0.05, 0) is 11.6 Å². The third-order valence-corrected chi connectivity index (χ3v) is 3.86. The van der Waals surface area contributed by atoms with Gasteiger partial charge in [0.1, 0.15) is 6.33 Å². The van der Waals surface area contributed by atoms with Gasteiger partial charge in [0, 0.05) is 10.6 Å². The monoisotopic (exact) mass is 246 g/mol. The quantitative estimate of drug-likeness (QED) is 0.845. The molecule has 0 bridgehead atoms. The zero-order valence-corrected chi connectivity index (χ0v) is 9.70. The molecule has 0 fully saturated rings. The van der Waals surface area contributed by atoms with E-state index in [9.17, 15) is 4.79 Å². The summed E-state index contributed by atoms with van der Waals surface area (Å²) in [4.78, 5) is 17.1. The topological polar surface area (TPSA) is 70.7 Å². The third-order valence-electron chi connectivity index (χ3n) is 2.67. The molecule has 86 valence electrons. The first-order chi connectivity index (χ1) is 8.34. The van der Waals surface area contributed by atoms with Crippen molar-refractivity contribution in [2.45, 2.75) is 10.8 Å². The summed E-state index contributed by atoms with van der Waals surface area (Å²) in [7, 11) is 0. The van der Waals surface area contributed by atoms with Gasteiger partial charge >= 0.3 is 0 Å².